The number of nitro benzene ring substituents is 1. The largest absolute Gasteiger partial charge is 0.457 e. The molecule has 0 bridgehead atoms. The van der Waals surface area contributed by atoms with Crippen molar-refractivity contribution in [2.24, 2.45) is 0 Å². The summed E-state index contributed by atoms with van der Waals surface area (Å²) in [7, 11) is 0. The van der Waals surface area contributed by atoms with Gasteiger partial charge in [-0.05, 0) is 36.6 Å². The van der Waals surface area contributed by atoms with Gasteiger partial charge in [0, 0.05) is 27.5 Å². The molecule has 2 aromatic carbocycles. The summed E-state index contributed by atoms with van der Waals surface area (Å²) in [5.74, 6) is -0.433. The molecule has 0 unspecified atom stereocenters. The second-order valence-electron chi connectivity index (χ2n) is 5.52. The minimum Gasteiger partial charge on any atom is -0.457 e. The van der Waals surface area contributed by atoms with Crippen LogP contribution in [0.5, 0.6) is 0 Å². The molecule has 3 aromatic rings. The van der Waals surface area contributed by atoms with Crippen LogP contribution in [-0.2, 0) is 11.3 Å². The van der Waals surface area contributed by atoms with Crippen LogP contribution in [0.25, 0.3) is 0 Å². The van der Waals surface area contributed by atoms with Gasteiger partial charge in [0.2, 0.25) is 0 Å². The first kappa shape index (κ1) is 18.2. The Hall–Kier alpha value is -2.64. The number of ether oxygens (including phenoxy) is 1. The van der Waals surface area contributed by atoms with E-state index >= 15 is 0 Å². The molecule has 1 heterocycles. The highest BCUT2D eigenvalue weighted by molar-refractivity contribution is 7.99. The first-order chi connectivity index (χ1) is 12.5. The smallest absolute Gasteiger partial charge is 0.348 e. The van der Waals surface area contributed by atoms with Gasteiger partial charge in [0.15, 0.2) is 0 Å². The van der Waals surface area contributed by atoms with E-state index in [0.29, 0.717) is 10.4 Å². The average molecular weight is 385 g/mol. The summed E-state index contributed by atoms with van der Waals surface area (Å²) in [5, 5.41) is 12.9. The topological polar surface area (TPSA) is 69.4 Å². The maximum absolute atomic E-state index is 12.1. The summed E-state index contributed by atoms with van der Waals surface area (Å²) in [6.45, 7) is 1.99. The highest BCUT2D eigenvalue weighted by atomic mass is 32.2. The number of non-ortho nitro benzene ring substituents is 1. The molecule has 0 aliphatic heterocycles. The number of benzene rings is 2. The van der Waals surface area contributed by atoms with Crippen LogP contribution >= 0.6 is 23.1 Å². The van der Waals surface area contributed by atoms with E-state index in [-0.39, 0.29) is 12.3 Å². The van der Waals surface area contributed by atoms with E-state index in [1.165, 1.54) is 35.2 Å². The van der Waals surface area contributed by atoms with Crippen molar-refractivity contribution in [3.63, 3.8) is 0 Å². The van der Waals surface area contributed by atoms with Gasteiger partial charge in [-0.3, -0.25) is 10.1 Å². The van der Waals surface area contributed by atoms with Gasteiger partial charge in [0.25, 0.3) is 5.69 Å². The molecule has 26 heavy (non-hydrogen) atoms. The van der Waals surface area contributed by atoms with E-state index in [2.05, 4.69) is 0 Å². The van der Waals surface area contributed by atoms with Crippen LogP contribution < -0.4 is 0 Å². The fourth-order valence-electron chi connectivity index (χ4n) is 2.23. The lowest BCUT2D eigenvalue weighted by molar-refractivity contribution is -0.385. The monoisotopic (exact) mass is 385 g/mol. The number of hydrogen-bond donors (Lipinski definition) is 0. The van der Waals surface area contributed by atoms with Gasteiger partial charge < -0.3 is 4.74 Å². The summed E-state index contributed by atoms with van der Waals surface area (Å²) in [4.78, 5) is 25.0. The summed E-state index contributed by atoms with van der Waals surface area (Å²) >= 11 is 2.78. The molecule has 0 radical (unpaired) electrons. The Morgan fingerprint density at radius 2 is 1.96 bits per heavy atom. The zero-order chi connectivity index (χ0) is 18.5. The van der Waals surface area contributed by atoms with Gasteiger partial charge in [0.1, 0.15) is 11.5 Å². The quantitative estimate of drug-likeness (QED) is 0.319. The SMILES string of the molecule is Cc1ccc(Sc2ccc([N+](=O)[O-])cc2COC(=O)c2cccs2)cc1. The van der Waals surface area contributed by atoms with Crippen molar-refractivity contribution in [3.05, 3.63) is 86.1 Å². The van der Waals surface area contributed by atoms with Crippen molar-refractivity contribution in [1.29, 1.82) is 0 Å². The van der Waals surface area contributed by atoms with Crippen molar-refractivity contribution in [2.75, 3.05) is 0 Å². The molecule has 0 atom stereocenters. The fraction of sp³-hybridized carbons (Fsp3) is 0.105. The predicted octanol–water partition coefficient (Wildman–Crippen LogP) is 5.47. The Morgan fingerprint density at radius 3 is 2.62 bits per heavy atom. The van der Waals surface area contributed by atoms with Crippen molar-refractivity contribution >= 4 is 34.8 Å². The van der Waals surface area contributed by atoms with Gasteiger partial charge in [0.05, 0.1) is 4.92 Å². The van der Waals surface area contributed by atoms with Gasteiger partial charge >= 0.3 is 5.97 Å². The standard InChI is InChI=1S/C19H15NO4S2/c1-13-4-7-16(8-5-13)26-17-9-6-15(20(22)23)11-14(17)12-24-19(21)18-3-2-10-25-18/h2-11H,12H2,1H3. The summed E-state index contributed by atoms with van der Waals surface area (Å²) in [6, 6.07) is 16.0. The average Bonchev–Trinajstić information content (AvgIpc) is 3.17. The second-order valence-corrected chi connectivity index (χ2v) is 7.58. The molecular weight excluding hydrogens is 370 g/mol. The number of aryl methyl sites for hydroxylation is 1. The molecule has 0 aliphatic carbocycles. The number of rotatable bonds is 6. The van der Waals surface area contributed by atoms with Gasteiger partial charge in [-0.1, -0.05) is 35.5 Å². The van der Waals surface area contributed by atoms with E-state index in [1.54, 1.807) is 23.6 Å². The fourth-order valence-corrected chi connectivity index (χ4v) is 3.76. The van der Waals surface area contributed by atoms with Crippen LogP contribution in [0.1, 0.15) is 20.8 Å². The number of esters is 1. The third kappa shape index (κ3) is 4.50. The van der Waals surface area contributed by atoms with E-state index in [4.69, 9.17) is 4.74 Å². The Balaban J connectivity index is 1.82. The molecule has 0 amide bonds. The van der Waals surface area contributed by atoms with Crippen LogP contribution in [0.15, 0.2) is 69.8 Å². The van der Waals surface area contributed by atoms with Crippen molar-refractivity contribution < 1.29 is 14.5 Å². The molecule has 3 rings (SSSR count). The van der Waals surface area contributed by atoms with Gasteiger partial charge in [-0.2, -0.15) is 0 Å². The molecule has 132 valence electrons. The zero-order valence-corrected chi connectivity index (χ0v) is 15.5. The number of hydrogen-bond acceptors (Lipinski definition) is 6. The van der Waals surface area contributed by atoms with Crippen molar-refractivity contribution in [2.45, 2.75) is 23.3 Å². The van der Waals surface area contributed by atoms with Crippen LogP contribution in [-0.4, -0.2) is 10.9 Å². The number of nitrogens with zero attached hydrogens (tertiary/aromatic N) is 1. The van der Waals surface area contributed by atoms with E-state index in [0.717, 1.165) is 15.4 Å². The number of carbonyl (C=O) groups excluding carboxylic acids is 1. The molecule has 1 aromatic heterocycles. The van der Waals surface area contributed by atoms with Gasteiger partial charge in [-0.15, -0.1) is 11.3 Å². The molecule has 0 N–H and O–H groups in total. The maximum Gasteiger partial charge on any atom is 0.348 e. The Labute approximate surface area is 158 Å². The lowest BCUT2D eigenvalue weighted by atomic mass is 10.2. The molecule has 7 heteroatoms. The Kier molecular flexibility index (Phi) is 5.70. The molecule has 0 aliphatic rings. The first-order valence-corrected chi connectivity index (χ1v) is 9.45. The second kappa shape index (κ2) is 8.16. The summed E-state index contributed by atoms with van der Waals surface area (Å²) in [5.41, 5.74) is 1.73. The molecule has 5 nitrogen and oxygen atoms in total. The molecule has 0 fully saturated rings. The minimum absolute atomic E-state index is 0.0212. The van der Waals surface area contributed by atoms with Gasteiger partial charge in [-0.25, -0.2) is 4.79 Å². The lowest BCUT2D eigenvalue weighted by Crippen LogP contribution is -2.04. The highest BCUT2D eigenvalue weighted by Crippen LogP contribution is 2.33. The van der Waals surface area contributed by atoms with E-state index in [1.807, 2.05) is 31.2 Å². The summed E-state index contributed by atoms with van der Waals surface area (Å²) in [6.07, 6.45) is 0. The predicted molar refractivity (Wildman–Crippen MR) is 102 cm³/mol. The third-order valence-electron chi connectivity index (χ3n) is 3.58. The number of carbonyl (C=O) groups is 1. The van der Waals surface area contributed by atoms with Crippen LogP contribution in [0.2, 0.25) is 0 Å². The zero-order valence-electron chi connectivity index (χ0n) is 13.9. The number of thiophene rings is 1. The van der Waals surface area contributed by atoms with Crippen LogP contribution in [0.3, 0.4) is 0 Å². The number of nitro groups is 1. The molecule has 0 saturated heterocycles. The van der Waals surface area contributed by atoms with E-state index < -0.39 is 10.9 Å². The van der Waals surface area contributed by atoms with Crippen LogP contribution in [0.4, 0.5) is 5.69 Å². The van der Waals surface area contributed by atoms with Crippen molar-refractivity contribution in [3.8, 4) is 0 Å². The third-order valence-corrected chi connectivity index (χ3v) is 5.56. The first-order valence-electron chi connectivity index (χ1n) is 7.75. The van der Waals surface area contributed by atoms with E-state index in [9.17, 15) is 14.9 Å². The maximum atomic E-state index is 12.1. The molecule has 0 saturated carbocycles. The van der Waals surface area contributed by atoms with Crippen molar-refractivity contribution in [1.82, 2.24) is 0 Å². The highest BCUT2D eigenvalue weighted by Gasteiger charge is 2.15. The minimum atomic E-state index is -0.453. The summed E-state index contributed by atoms with van der Waals surface area (Å²) < 4.78 is 5.34. The molecular formula is C19H15NO4S2. The van der Waals surface area contributed by atoms with Crippen LogP contribution in [0, 0.1) is 17.0 Å². The Morgan fingerprint density at radius 1 is 1.19 bits per heavy atom. The lowest BCUT2D eigenvalue weighted by Gasteiger charge is -2.10. The Bertz CT molecular complexity index is 921. The molecule has 0 spiro atoms. The normalized spacial score (nSPS) is 10.5.